The van der Waals surface area contributed by atoms with Crippen LogP contribution in [0.1, 0.15) is 55.4 Å². The van der Waals surface area contributed by atoms with Crippen molar-refractivity contribution in [3.8, 4) is 0 Å². The normalized spacial score (nSPS) is 12.2. The van der Waals surface area contributed by atoms with Crippen molar-refractivity contribution in [1.82, 2.24) is 10.2 Å². The van der Waals surface area contributed by atoms with Crippen molar-refractivity contribution in [1.29, 1.82) is 0 Å². The Morgan fingerprint density at radius 1 is 1.00 bits per heavy atom. The van der Waals surface area contributed by atoms with Crippen LogP contribution in [0.5, 0.6) is 0 Å². The van der Waals surface area contributed by atoms with Crippen molar-refractivity contribution >= 4 is 27.5 Å². The SMILES string of the molecule is CCNC(=O)[C@H](CC)N(Cc1cccc(C)c1)C(=O)CCCN(c1cc(C)ccc1C)S(C)(=O)=O. The zero-order valence-electron chi connectivity index (χ0n) is 21.8. The van der Waals surface area contributed by atoms with Crippen LogP contribution in [-0.2, 0) is 26.2 Å². The van der Waals surface area contributed by atoms with Gasteiger partial charge in [-0.15, -0.1) is 0 Å². The van der Waals surface area contributed by atoms with E-state index in [1.54, 1.807) is 4.90 Å². The summed E-state index contributed by atoms with van der Waals surface area (Å²) >= 11 is 0. The summed E-state index contributed by atoms with van der Waals surface area (Å²) in [7, 11) is -3.53. The van der Waals surface area contributed by atoms with E-state index in [-0.39, 0.29) is 24.8 Å². The molecule has 7 nitrogen and oxygen atoms in total. The summed E-state index contributed by atoms with van der Waals surface area (Å²) in [6.45, 7) is 10.5. The minimum atomic E-state index is -3.53. The third kappa shape index (κ3) is 8.09. The lowest BCUT2D eigenvalue weighted by molar-refractivity contribution is -0.141. The van der Waals surface area contributed by atoms with E-state index < -0.39 is 16.1 Å². The molecule has 0 unspecified atom stereocenters. The molecule has 0 bridgehead atoms. The van der Waals surface area contributed by atoms with E-state index in [1.807, 2.05) is 77.1 Å². The van der Waals surface area contributed by atoms with E-state index in [0.717, 1.165) is 22.3 Å². The Morgan fingerprint density at radius 3 is 2.29 bits per heavy atom. The number of carbonyl (C=O) groups is 2. The number of benzene rings is 2. The second kappa shape index (κ2) is 12.7. The molecule has 0 fully saturated rings. The Kier molecular flexibility index (Phi) is 10.3. The number of nitrogens with one attached hydrogen (secondary N) is 1. The van der Waals surface area contributed by atoms with Gasteiger partial charge in [0.2, 0.25) is 21.8 Å². The van der Waals surface area contributed by atoms with Gasteiger partial charge in [-0.05, 0) is 63.3 Å². The van der Waals surface area contributed by atoms with Crippen molar-refractivity contribution < 1.29 is 18.0 Å². The van der Waals surface area contributed by atoms with Gasteiger partial charge < -0.3 is 10.2 Å². The van der Waals surface area contributed by atoms with Crippen molar-refractivity contribution in [2.75, 3.05) is 23.7 Å². The summed E-state index contributed by atoms with van der Waals surface area (Å²) in [5.41, 5.74) is 4.49. The van der Waals surface area contributed by atoms with E-state index in [2.05, 4.69) is 5.32 Å². The minimum absolute atomic E-state index is 0.138. The van der Waals surface area contributed by atoms with E-state index in [4.69, 9.17) is 0 Å². The number of hydrogen-bond donors (Lipinski definition) is 1. The smallest absolute Gasteiger partial charge is 0.242 e. The van der Waals surface area contributed by atoms with Gasteiger partial charge in [0.05, 0.1) is 11.9 Å². The van der Waals surface area contributed by atoms with Crippen LogP contribution < -0.4 is 9.62 Å². The van der Waals surface area contributed by atoms with Gasteiger partial charge in [0.1, 0.15) is 6.04 Å². The predicted molar refractivity (Wildman–Crippen MR) is 142 cm³/mol. The standard InChI is InChI=1S/C27H39N3O4S/c1-7-24(27(32)28-8-2)29(19-23-12-9-11-20(3)17-23)26(31)13-10-16-30(35(6,33)34)25-18-21(4)14-15-22(25)5/h9,11-12,14-15,17-18,24H,7-8,10,13,16,19H2,1-6H3,(H,28,32)/t24-/m0/s1. The topological polar surface area (TPSA) is 86.8 Å². The summed E-state index contributed by atoms with van der Waals surface area (Å²) in [4.78, 5) is 27.8. The summed E-state index contributed by atoms with van der Waals surface area (Å²) < 4.78 is 26.5. The Morgan fingerprint density at radius 2 is 1.69 bits per heavy atom. The number of carbonyl (C=O) groups excluding carboxylic acids is 2. The number of hydrogen-bond acceptors (Lipinski definition) is 4. The van der Waals surface area contributed by atoms with Crippen LogP contribution in [0.15, 0.2) is 42.5 Å². The molecule has 0 radical (unpaired) electrons. The van der Waals surface area contributed by atoms with Crippen LogP contribution in [0.2, 0.25) is 0 Å². The number of anilines is 1. The van der Waals surface area contributed by atoms with Gasteiger partial charge in [0.25, 0.3) is 0 Å². The second-order valence-corrected chi connectivity index (χ2v) is 11.0. The molecule has 0 saturated heterocycles. The fraction of sp³-hybridized carbons (Fsp3) is 0.481. The third-order valence-electron chi connectivity index (χ3n) is 5.96. The van der Waals surface area contributed by atoms with Gasteiger partial charge in [-0.2, -0.15) is 0 Å². The van der Waals surface area contributed by atoms with Crippen LogP contribution in [0, 0.1) is 20.8 Å². The molecule has 0 aliphatic rings. The van der Waals surface area contributed by atoms with E-state index >= 15 is 0 Å². The number of rotatable bonds is 12. The molecule has 0 aromatic heterocycles. The molecule has 0 spiro atoms. The molecule has 2 aromatic carbocycles. The molecule has 0 aliphatic carbocycles. The van der Waals surface area contributed by atoms with Gasteiger partial charge in [0.15, 0.2) is 0 Å². The van der Waals surface area contributed by atoms with E-state index in [9.17, 15) is 18.0 Å². The van der Waals surface area contributed by atoms with Crippen molar-refractivity contribution in [2.24, 2.45) is 0 Å². The Labute approximate surface area is 210 Å². The average Bonchev–Trinajstić information content (AvgIpc) is 2.77. The van der Waals surface area contributed by atoms with Gasteiger partial charge in [-0.25, -0.2) is 8.42 Å². The molecule has 1 N–H and O–H groups in total. The molecular formula is C27H39N3O4S. The van der Waals surface area contributed by atoms with E-state index in [1.165, 1.54) is 10.6 Å². The fourth-order valence-corrected chi connectivity index (χ4v) is 5.20. The molecule has 2 rings (SSSR count). The zero-order chi connectivity index (χ0) is 26.2. The first-order chi connectivity index (χ1) is 16.5. The fourth-order valence-electron chi connectivity index (χ4n) is 4.19. The lowest BCUT2D eigenvalue weighted by atomic mass is 10.1. The molecule has 192 valence electrons. The monoisotopic (exact) mass is 501 g/mol. The molecule has 2 amide bonds. The lowest BCUT2D eigenvalue weighted by Gasteiger charge is -2.31. The Bertz CT molecular complexity index is 1130. The van der Waals surface area contributed by atoms with Crippen LogP contribution >= 0.6 is 0 Å². The number of nitrogens with zero attached hydrogens (tertiary/aromatic N) is 2. The maximum atomic E-state index is 13.4. The van der Waals surface area contributed by atoms with Gasteiger partial charge >= 0.3 is 0 Å². The molecule has 35 heavy (non-hydrogen) atoms. The quantitative estimate of drug-likeness (QED) is 0.474. The van der Waals surface area contributed by atoms with Crippen LogP contribution in [0.4, 0.5) is 5.69 Å². The summed E-state index contributed by atoms with van der Waals surface area (Å²) in [5, 5.41) is 2.84. The largest absolute Gasteiger partial charge is 0.355 e. The molecule has 0 heterocycles. The summed E-state index contributed by atoms with van der Waals surface area (Å²) in [6.07, 6.45) is 2.15. The van der Waals surface area contributed by atoms with Gasteiger partial charge in [0, 0.05) is 26.1 Å². The van der Waals surface area contributed by atoms with Gasteiger partial charge in [-0.1, -0.05) is 48.9 Å². The third-order valence-corrected chi connectivity index (χ3v) is 7.14. The first-order valence-corrected chi connectivity index (χ1v) is 14.0. The molecule has 1 atom stereocenters. The summed E-state index contributed by atoms with van der Waals surface area (Å²) in [6, 6.07) is 13.0. The zero-order valence-corrected chi connectivity index (χ0v) is 22.6. The minimum Gasteiger partial charge on any atom is -0.355 e. The van der Waals surface area contributed by atoms with Crippen LogP contribution in [0.3, 0.4) is 0 Å². The van der Waals surface area contributed by atoms with Crippen LogP contribution in [0.25, 0.3) is 0 Å². The van der Waals surface area contributed by atoms with Gasteiger partial charge in [-0.3, -0.25) is 13.9 Å². The number of amides is 2. The van der Waals surface area contributed by atoms with E-state index in [0.29, 0.717) is 31.6 Å². The highest BCUT2D eigenvalue weighted by molar-refractivity contribution is 7.92. The van der Waals surface area contributed by atoms with Crippen molar-refractivity contribution in [3.05, 3.63) is 64.7 Å². The highest BCUT2D eigenvalue weighted by Crippen LogP contribution is 2.25. The maximum Gasteiger partial charge on any atom is 0.242 e. The molecule has 2 aromatic rings. The highest BCUT2D eigenvalue weighted by atomic mass is 32.2. The average molecular weight is 502 g/mol. The number of sulfonamides is 1. The molecule has 0 aliphatic heterocycles. The number of aryl methyl sites for hydroxylation is 3. The molecule has 8 heteroatoms. The second-order valence-electron chi connectivity index (χ2n) is 9.06. The number of likely N-dealkylation sites (N-methyl/N-ethyl adjacent to an activating group) is 1. The first kappa shape index (κ1) is 28.4. The lowest BCUT2D eigenvalue weighted by Crippen LogP contribution is -2.49. The first-order valence-electron chi connectivity index (χ1n) is 12.2. The van der Waals surface area contributed by atoms with Crippen LogP contribution in [-0.4, -0.2) is 50.5 Å². The van der Waals surface area contributed by atoms with Crippen molar-refractivity contribution in [3.63, 3.8) is 0 Å². The molecular weight excluding hydrogens is 462 g/mol. The maximum absolute atomic E-state index is 13.4. The van der Waals surface area contributed by atoms with Crippen molar-refractivity contribution in [2.45, 2.75) is 66.5 Å². The highest BCUT2D eigenvalue weighted by Gasteiger charge is 2.28. The Balaban J connectivity index is 2.24. The Hall–Kier alpha value is -2.87. The predicted octanol–water partition coefficient (Wildman–Crippen LogP) is 4.10. The molecule has 0 saturated carbocycles. The summed E-state index contributed by atoms with van der Waals surface area (Å²) in [5.74, 6) is -0.344.